The van der Waals surface area contributed by atoms with Crippen LogP contribution in [0.1, 0.15) is 6.42 Å². The summed E-state index contributed by atoms with van der Waals surface area (Å²) < 4.78 is 30.0. The summed E-state index contributed by atoms with van der Waals surface area (Å²) in [4.78, 5) is 3.10. The predicted octanol–water partition coefficient (Wildman–Crippen LogP) is 2.14. The third-order valence-electron chi connectivity index (χ3n) is 2.89. The van der Waals surface area contributed by atoms with E-state index in [0.29, 0.717) is 17.7 Å². The van der Waals surface area contributed by atoms with Gasteiger partial charge >= 0.3 is 0 Å². The molecule has 2 aromatic rings. The summed E-state index contributed by atoms with van der Waals surface area (Å²) in [6, 6.07) is 5.68. The third-order valence-corrected chi connectivity index (χ3v) is 4.24. The molecule has 19 heavy (non-hydrogen) atoms. The van der Waals surface area contributed by atoms with E-state index >= 15 is 0 Å². The average molecular weight is 300 g/mol. The number of hydrogen-bond donors (Lipinski definition) is 1. The number of nitrogens with one attached hydrogen (secondary N) is 1. The second-order valence-corrected chi connectivity index (χ2v) is 7.07. The van der Waals surface area contributed by atoms with Crippen LogP contribution in [0, 0.1) is 4.77 Å². The highest BCUT2D eigenvalue weighted by Crippen LogP contribution is 2.24. The number of sulfone groups is 1. The van der Waals surface area contributed by atoms with Crippen molar-refractivity contribution in [1.82, 2.24) is 9.55 Å². The summed E-state index contributed by atoms with van der Waals surface area (Å²) in [6.07, 6.45) is 1.78. The van der Waals surface area contributed by atoms with Crippen molar-refractivity contribution in [2.45, 2.75) is 13.0 Å². The lowest BCUT2D eigenvalue weighted by Crippen LogP contribution is -2.07. The Labute approximate surface area is 117 Å². The molecule has 0 aliphatic rings. The van der Waals surface area contributed by atoms with Crippen molar-refractivity contribution in [2.24, 2.45) is 0 Å². The first-order valence-corrected chi connectivity index (χ1v) is 8.32. The Hall–Kier alpha value is -1.34. The van der Waals surface area contributed by atoms with Gasteiger partial charge in [-0.15, -0.1) is 0 Å². The van der Waals surface area contributed by atoms with E-state index in [4.69, 9.17) is 17.0 Å². The van der Waals surface area contributed by atoms with Crippen LogP contribution >= 0.6 is 12.2 Å². The standard InChI is InChI=1S/C12H16N2O3S2/c1-17-10-6-3-5-9-11(10)13-12(18)14(9)7-4-8-19(2,15)16/h3,5-6H,4,7-8H2,1-2H3,(H,13,18). The van der Waals surface area contributed by atoms with Gasteiger partial charge in [0.2, 0.25) is 0 Å². The van der Waals surface area contributed by atoms with E-state index < -0.39 is 9.84 Å². The number of fused-ring (bicyclic) bond motifs is 1. The van der Waals surface area contributed by atoms with E-state index in [-0.39, 0.29) is 5.75 Å². The molecule has 1 heterocycles. The number of ether oxygens (including phenoxy) is 1. The summed E-state index contributed by atoms with van der Waals surface area (Å²) in [7, 11) is -1.33. The van der Waals surface area contributed by atoms with Gasteiger partial charge in [-0.25, -0.2) is 8.42 Å². The number of hydrogen-bond acceptors (Lipinski definition) is 4. The molecule has 1 aromatic carbocycles. The Morgan fingerprint density at radius 3 is 2.79 bits per heavy atom. The molecule has 0 radical (unpaired) electrons. The Bertz CT molecular complexity index is 744. The van der Waals surface area contributed by atoms with Gasteiger partial charge in [0.05, 0.1) is 18.4 Å². The molecule has 0 saturated carbocycles. The number of methoxy groups -OCH3 is 1. The van der Waals surface area contributed by atoms with E-state index in [1.807, 2.05) is 22.8 Å². The van der Waals surface area contributed by atoms with Crippen LogP contribution in [0.15, 0.2) is 18.2 Å². The smallest absolute Gasteiger partial charge is 0.178 e. The van der Waals surface area contributed by atoms with E-state index in [1.165, 1.54) is 6.26 Å². The molecule has 2 rings (SSSR count). The highest BCUT2D eigenvalue weighted by atomic mass is 32.2. The van der Waals surface area contributed by atoms with Crippen LogP contribution in [0.25, 0.3) is 11.0 Å². The fourth-order valence-electron chi connectivity index (χ4n) is 2.03. The molecule has 104 valence electrons. The lowest BCUT2D eigenvalue weighted by Gasteiger charge is -2.05. The molecule has 0 fully saturated rings. The number of H-pyrrole nitrogens is 1. The van der Waals surface area contributed by atoms with Gasteiger partial charge in [0.15, 0.2) is 4.77 Å². The Morgan fingerprint density at radius 1 is 1.42 bits per heavy atom. The number of aromatic amines is 1. The van der Waals surface area contributed by atoms with Crippen LogP contribution in [0.3, 0.4) is 0 Å². The second kappa shape index (κ2) is 5.34. The Morgan fingerprint density at radius 2 is 2.16 bits per heavy atom. The Kier molecular flexibility index (Phi) is 3.96. The quantitative estimate of drug-likeness (QED) is 0.859. The normalized spacial score (nSPS) is 11.9. The van der Waals surface area contributed by atoms with Gasteiger partial charge in [0.25, 0.3) is 0 Å². The molecular weight excluding hydrogens is 284 g/mol. The topological polar surface area (TPSA) is 64.1 Å². The van der Waals surface area contributed by atoms with Gasteiger partial charge in [0.1, 0.15) is 21.1 Å². The summed E-state index contributed by atoms with van der Waals surface area (Å²) in [5.74, 6) is 0.885. The second-order valence-electron chi connectivity index (χ2n) is 4.42. The number of imidazole rings is 1. The fourth-order valence-corrected chi connectivity index (χ4v) is 2.98. The summed E-state index contributed by atoms with van der Waals surface area (Å²) >= 11 is 5.27. The molecule has 7 heteroatoms. The number of nitrogens with zero attached hydrogens (tertiary/aromatic N) is 1. The first kappa shape index (κ1) is 14.1. The van der Waals surface area contributed by atoms with Crippen molar-refractivity contribution in [3.8, 4) is 5.75 Å². The maximum atomic E-state index is 11.1. The van der Waals surface area contributed by atoms with Crippen LogP contribution in [0.5, 0.6) is 5.75 Å². The predicted molar refractivity (Wildman–Crippen MR) is 78.0 cm³/mol. The highest BCUT2D eigenvalue weighted by Gasteiger charge is 2.09. The van der Waals surface area contributed by atoms with Crippen molar-refractivity contribution in [3.05, 3.63) is 23.0 Å². The third kappa shape index (κ3) is 3.16. The minimum atomic E-state index is -2.94. The van der Waals surface area contributed by atoms with Crippen molar-refractivity contribution in [3.63, 3.8) is 0 Å². The molecule has 0 saturated heterocycles. The molecule has 0 amide bonds. The molecule has 0 bridgehead atoms. The van der Waals surface area contributed by atoms with Crippen LogP contribution in [-0.4, -0.2) is 37.1 Å². The largest absolute Gasteiger partial charge is 0.494 e. The van der Waals surface area contributed by atoms with Gasteiger partial charge in [0, 0.05) is 12.8 Å². The van der Waals surface area contributed by atoms with E-state index in [2.05, 4.69) is 4.98 Å². The molecular formula is C12H16N2O3S2. The molecule has 0 unspecified atom stereocenters. The van der Waals surface area contributed by atoms with E-state index in [1.54, 1.807) is 7.11 Å². The molecule has 0 atom stereocenters. The van der Waals surface area contributed by atoms with Crippen LogP contribution < -0.4 is 4.74 Å². The SMILES string of the molecule is COc1cccc2c1[nH]c(=S)n2CCCS(C)(=O)=O. The zero-order valence-electron chi connectivity index (χ0n) is 10.8. The number of aryl methyl sites for hydroxylation is 1. The minimum Gasteiger partial charge on any atom is -0.494 e. The van der Waals surface area contributed by atoms with E-state index in [0.717, 1.165) is 16.8 Å². The van der Waals surface area contributed by atoms with Crippen molar-refractivity contribution in [1.29, 1.82) is 0 Å². The summed E-state index contributed by atoms with van der Waals surface area (Å²) in [5.41, 5.74) is 1.77. The molecule has 1 N–H and O–H groups in total. The number of aromatic nitrogens is 2. The fraction of sp³-hybridized carbons (Fsp3) is 0.417. The molecule has 5 nitrogen and oxygen atoms in total. The average Bonchev–Trinajstić information content (AvgIpc) is 2.64. The van der Waals surface area contributed by atoms with Crippen LogP contribution in [0.4, 0.5) is 0 Å². The molecule has 1 aromatic heterocycles. The molecule has 0 aliphatic heterocycles. The summed E-state index contributed by atoms with van der Waals surface area (Å²) in [5, 5.41) is 0. The maximum absolute atomic E-state index is 11.1. The maximum Gasteiger partial charge on any atom is 0.178 e. The van der Waals surface area contributed by atoms with Gasteiger partial charge in [-0.05, 0) is 30.8 Å². The number of benzene rings is 1. The highest BCUT2D eigenvalue weighted by molar-refractivity contribution is 7.90. The monoisotopic (exact) mass is 300 g/mol. The Balaban J connectivity index is 2.33. The molecule has 0 spiro atoms. The first-order valence-electron chi connectivity index (χ1n) is 5.85. The lowest BCUT2D eigenvalue weighted by molar-refractivity contribution is 0.419. The van der Waals surface area contributed by atoms with Gasteiger partial charge in [-0.2, -0.15) is 0 Å². The van der Waals surface area contributed by atoms with Gasteiger partial charge < -0.3 is 14.3 Å². The van der Waals surface area contributed by atoms with Crippen molar-refractivity contribution >= 4 is 33.1 Å². The van der Waals surface area contributed by atoms with E-state index in [9.17, 15) is 8.42 Å². The van der Waals surface area contributed by atoms with Gasteiger partial charge in [-0.1, -0.05) is 6.07 Å². The zero-order chi connectivity index (χ0) is 14.0. The lowest BCUT2D eigenvalue weighted by atomic mass is 10.3. The minimum absolute atomic E-state index is 0.158. The van der Waals surface area contributed by atoms with Crippen molar-refractivity contribution < 1.29 is 13.2 Å². The van der Waals surface area contributed by atoms with Crippen molar-refractivity contribution in [2.75, 3.05) is 19.1 Å². The van der Waals surface area contributed by atoms with Crippen LogP contribution in [-0.2, 0) is 16.4 Å². The van der Waals surface area contributed by atoms with Crippen LogP contribution in [0.2, 0.25) is 0 Å². The molecule has 0 aliphatic carbocycles. The van der Waals surface area contributed by atoms with Gasteiger partial charge in [-0.3, -0.25) is 0 Å². The number of rotatable bonds is 5. The first-order chi connectivity index (χ1) is 8.92. The zero-order valence-corrected chi connectivity index (χ0v) is 12.5. The summed E-state index contributed by atoms with van der Waals surface area (Å²) in [6.45, 7) is 0.569. The number of para-hydroxylation sites is 1.